The lowest BCUT2D eigenvalue weighted by atomic mass is 10.8. The van der Waals surface area contributed by atoms with E-state index < -0.39 is 11.2 Å². The van der Waals surface area contributed by atoms with Crippen molar-refractivity contribution < 1.29 is 0 Å². The molecule has 5 nitrogen and oxygen atoms in total. The van der Waals surface area contributed by atoms with Crippen LogP contribution in [0.3, 0.4) is 0 Å². The summed E-state index contributed by atoms with van der Waals surface area (Å²) in [4.78, 5) is 21.4. The third-order valence-corrected chi connectivity index (χ3v) is 1.38. The van der Waals surface area contributed by atoms with Crippen LogP contribution >= 0.6 is 12.8 Å². The second-order valence-corrected chi connectivity index (χ2v) is 2.10. The first-order valence-electron chi connectivity index (χ1n) is 2.47. The molecular weight excluding hydrogens is 154 g/mol. The Morgan fingerprint density at radius 2 is 2.20 bits per heavy atom. The Balaban J connectivity index is 3.66. The summed E-state index contributed by atoms with van der Waals surface area (Å²) in [7, 11) is 1.44. The highest BCUT2D eigenvalue weighted by atomic mass is 32.1. The fourth-order valence-corrected chi connectivity index (χ4v) is 0.653. The molecule has 0 radical (unpaired) electrons. The highest BCUT2D eigenvalue weighted by Crippen LogP contribution is 1.67. The van der Waals surface area contributed by atoms with Gasteiger partial charge in [0.1, 0.15) is 6.20 Å². The van der Waals surface area contributed by atoms with Crippen LogP contribution in [0.25, 0.3) is 0 Å². The largest absolute Gasteiger partial charge is 0.357 e. The predicted octanol–water partition coefficient (Wildman–Crippen LogP) is -1.37. The second kappa shape index (κ2) is 2.30. The predicted molar refractivity (Wildman–Crippen MR) is 38.1 cm³/mol. The van der Waals surface area contributed by atoms with Crippen molar-refractivity contribution in [2.45, 2.75) is 0 Å². The van der Waals surface area contributed by atoms with E-state index in [9.17, 15) is 9.59 Å². The first-order chi connectivity index (χ1) is 4.63. The first kappa shape index (κ1) is 7.07. The molecule has 1 heterocycles. The van der Waals surface area contributed by atoms with Gasteiger partial charge in [-0.05, 0) is 0 Å². The van der Waals surface area contributed by atoms with Crippen LogP contribution in [-0.4, -0.2) is 13.8 Å². The van der Waals surface area contributed by atoms with E-state index in [-0.39, 0.29) is 0 Å². The van der Waals surface area contributed by atoms with Crippen molar-refractivity contribution in [1.29, 1.82) is 0 Å². The summed E-state index contributed by atoms with van der Waals surface area (Å²) < 4.78 is 1.71. The summed E-state index contributed by atoms with van der Waals surface area (Å²) in [6, 6.07) is 0. The number of hydrogen-bond acceptors (Lipinski definition) is 4. The minimum atomic E-state index is -0.546. The number of thiol groups is 1. The zero-order chi connectivity index (χ0) is 7.72. The van der Waals surface area contributed by atoms with Gasteiger partial charge >= 0.3 is 5.69 Å². The van der Waals surface area contributed by atoms with Crippen LogP contribution in [0.1, 0.15) is 0 Å². The smallest absolute Gasteiger partial charge is 0.266 e. The third kappa shape index (κ3) is 0.971. The Morgan fingerprint density at radius 3 is 2.70 bits per heavy atom. The molecule has 0 unspecified atom stereocenters. The number of aryl methyl sites for hydroxylation is 1. The minimum absolute atomic E-state index is 0.522. The van der Waals surface area contributed by atoms with Crippen LogP contribution in [0.4, 0.5) is 0 Å². The molecule has 0 aliphatic carbocycles. The third-order valence-electron chi connectivity index (χ3n) is 1.01. The van der Waals surface area contributed by atoms with E-state index in [1.54, 1.807) is 0 Å². The van der Waals surface area contributed by atoms with Crippen molar-refractivity contribution >= 4 is 12.8 Å². The van der Waals surface area contributed by atoms with E-state index in [0.29, 0.717) is 3.97 Å². The Morgan fingerprint density at radius 1 is 1.60 bits per heavy atom. The highest BCUT2D eigenvalue weighted by Gasteiger charge is 1.96. The van der Waals surface area contributed by atoms with Crippen molar-refractivity contribution in [2.75, 3.05) is 0 Å². The van der Waals surface area contributed by atoms with Gasteiger partial charge in [-0.25, -0.2) is 13.4 Å². The van der Waals surface area contributed by atoms with E-state index in [2.05, 4.69) is 17.9 Å². The Kier molecular flexibility index (Phi) is 1.62. The fourth-order valence-electron chi connectivity index (χ4n) is 0.471. The average Bonchev–Trinajstić information content (AvgIpc) is 1.93. The van der Waals surface area contributed by atoms with Crippen LogP contribution < -0.4 is 11.2 Å². The second-order valence-electron chi connectivity index (χ2n) is 1.70. The average molecular weight is 159 g/mol. The lowest BCUT2D eigenvalue weighted by Crippen LogP contribution is -2.35. The van der Waals surface area contributed by atoms with Crippen LogP contribution in [0.5, 0.6) is 0 Å². The molecule has 6 heteroatoms. The summed E-state index contributed by atoms with van der Waals surface area (Å²) in [5.74, 6) is 0. The van der Waals surface area contributed by atoms with E-state index in [1.807, 2.05) is 0 Å². The number of rotatable bonds is 0. The van der Waals surface area contributed by atoms with E-state index in [0.717, 1.165) is 10.9 Å². The molecule has 54 valence electrons. The topological polar surface area (TPSA) is 56.9 Å². The number of hydrogen-bond donors (Lipinski definition) is 1. The number of nitrogens with zero attached hydrogens (tertiary/aromatic N) is 3. The molecule has 0 bridgehead atoms. The maximum absolute atomic E-state index is 10.8. The van der Waals surface area contributed by atoms with Crippen molar-refractivity contribution in [1.82, 2.24) is 13.8 Å². The minimum Gasteiger partial charge on any atom is -0.266 e. The van der Waals surface area contributed by atoms with Gasteiger partial charge in [0.05, 0.1) is 0 Å². The monoisotopic (exact) mass is 159 g/mol. The molecule has 0 fully saturated rings. The van der Waals surface area contributed by atoms with Crippen LogP contribution in [-0.2, 0) is 7.05 Å². The molecule has 0 aromatic carbocycles. The quantitative estimate of drug-likeness (QED) is 0.475. The summed E-state index contributed by atoms with van der Waals surface area (Å²) in [6.45, 7) is 0. The molecule has 0 amide bonds. The summed E-state index contributed by atoms with van der Waals surface area (Å²) in [5.41, 5.74) is -1.07. The van der Waals surface area contributed by atoms with E-state index >= 15 is 0 Å². The fraction of sp³-hybridized carbons (Fsp3) is 0.250. The van der Waals surface area contributed by atoms with Gasteiger partial charge < -0.3 is 0 Å². The van der Waals surface area contributed by atoms with Gasteiger partial charge in [0.15, 0.2) is 0 Å². The maximum Gasteiger partial charge on any atom is 0.357 e. The van der Waals surface area contributed by atoms with Gasteiger partial charge in [-0.2, -0.15) is 5.10 Å². The van der Waals surface area contributed by atoms with Crippen molar-refractivity contribution in [3.05, 3.63) is 27.0 Å². The Labute approximate surface area is 61.5 Å². The molecular formula is C4H5N3O2S. The molecule has 0 spiro atoms. The van der Waals surface area contributed by atoms with Crippen molar-refractivity contribution in [2.24, 2.45) is 7.05 Å². The number of aromatic nitrogens is 3. The van der Waals surface area contributed by atoms with Gasteiger partial charge in [-0.3, -0.25) is 4.79 Å². The normalized spacial score (nSPS) is 9.80. The molecule has 1 aromatic heterocycles. The van der Waals surface area contributed by atoms with Gasteiger partial charge in [-0.15, -0.1) is 0 Å². The molecule has 1 rings (SSSR count). The van der Waals surface area contributed by atoms with Gasteiger partial charge in [0.2, 0.25) is 0 Å². The Bertz CT molecular complexity index is 352. The molecule has 0 aliphatic rings. The lowest BCUT2D eigenvalue weighted by Gasteiger charge is -1.94. The molecule has 0 aliphatic heterocycles. The van der Waals surface area contributed by atoms with E-state index in [4.69, 9.17) is 0 Å². The zero-order valence-electron chi connectivity index (χ0n) is 5.18. The molecule has 1 aromatic rings. The van der Waals surface area contributed by atoms with Gasteiger partial charge in [0, 0.05) is 7.05 Å². The molecule has 0 N–H and O–H groups in total. The lowest BCUT2D eigenvalue weighted by molar-refractivity contribution is 0.654. The van der Waals surface area contributed by atoms with Crippen LogP contribution in [0, 0.1) is 0 Å². The standard InChI is InChI=1S/C4H5N3O2S/c1-6-4(9)7(10)3(8)2-5-6/h2,10H,1H3. The molecule has 0 atom stereocenters. The molecule has 0 saturated heterocycles. The zero-order valence-corrected chi connectivity index (χ0v) is 6.08. The maximum atomic E-state index is 10.8. The summed E-state index contributed by atoms with van der Waals surface area (Å²) >= 11 is 3.61. The van der Waals surface area contributed by atoms with Crippen molar-refractivity contribution in [3.8, 4) is 0 Å². The van der Waals surface area contributed by atoms with Crippen LogP contribution in [0.2, 0.25) is 0 Å². The van der Waals surface area contributed by atoms with Crippen LogP contribution in [0.15, 0.2) is 15.8 Å². The van der Waals surface area contributed by atoms with Gasteiger partial charge in [-0.1, -0.05) is 12.8 Å². The highest BCUT2D eigenvalue weighted by molar-refractivity contribution is 7.78. The van der Waals surface area contributed by atoms with Gasteiger partial charge in [0.25, 0.3) is 5.56 Å². The summed E-state index contributed by atoms with van der Waals surface area (Å²) in [5, 5.41) is 3.46. The first-order valence-corrected chi connectivity index (χ1v) is 2.87. The molecule has 10 heavy (non-hydrogen) atoms. The summed E-state index contributed by atoms with van der Waals surface area (Å²) in [6.07, 6.45) is 1.02. The Hall–Kier alpha value is -1.04. The van der Waals surface area contributed by atoms with E-state index in [1.165, 1.54) is 7.05 Å². The SMILES string of the molecule is Cn1ncc(=O)n(S)c1=O. The molecule has 0 saturated carbocycles. The van der Waals surface area contributed by atoms with Crippen molar-refractivity contribution in [3.63, 3.8) is 0 Å².